The van der Waals surface area contributed by atoms with Crippen LogP contribution >= 0.6 is 0 Å². The van der Waals surface area contributed by atoms with Gasteiger partial charge in [0.15, 0.2) is 0 Å². The topological polar surface area (TPSA) is 13.1 Å². The van der Waals surface area contributed by atoms with Crippen molar-refractivity contribution in [2.24, 2.45) is 0 Å². The minimum absolute atomic E-state index is 0.983. The van der Waals surface area contributed by atoms with Crippen molar-refractivity contribution in [2.45, 2.75) is 19.8 Å². The molecule has 2 aromatic rings. The van der Waals surface area contributed by atoms with Gasteiger partial charge in [-0.2, -0.15) is 0 Å². The monoisotopic (exact) mass is 210 g/mol. The molecule has 0 saturated heterocycles. The third kappa shape index (κ3) is 1.58. The van der Waals surface area contributed by atoms with E-state index >= 15 is 0 Å². The zero-order valence-corrected chi connectivity index (χ0v) is 9.36. The largest absolute Gasteiger partial charge is 0.456 e. The second-order valence-corrected chi connectivity index (χ2v) is 4.31. The quantitative estimate of drug-likeness (QED) is 0.687. The summed E-state index contributed by atoms with van der Waals surface area (Å²) in [5.41, 5.74) is 3.77. The predicted octanol–water partition coefficient (Wildman–Crippen LogP) is 4.21. The molecule has 0 atom stereocenters. The van der Waals surface area contributed by atoms with Crippen molar-refractivity contribution in [3.8, 4) is 11.3 Å². The molecule has 1 heteroatoms. The molecule has 0 N–H and O–H groups in total. The molecule has 80 valence electrons. The Morgan fingerprint density at radius 1 is 1.12 bits per heavy atom. The Kier molecular flexibility index (Phi) is 2.17. The normalized spacial score (nSPS) is 13.8. The van der Waals surface area contributed by atoms with Crippen LogP contribution in [0.1, 0.15) is 23.3 Å². The third-order valence-corrected chi connectivity index (χ3v) is 3.03. The molecule has 0 aliphatic heterocycles. The first-order valence-electron chi connectivity index (χ1n) is 5.69. The van der Waals surface area contributed by atoms with Gasteiger partial charge in [-0.1, -0.05) is 35.9 Å². The Hall–Kier alpha value is -1.76. The lowest BCUT2D eigenvalue weighted by atomic mass is 10.0. The number of fused-ring (bicyclic) bond motifs is 1. The summed E-state index contributed by atoms with van der Waals surface area (Å²) in [5, 5.41) is 0. The Bertz CT molecular complexity index is 529. The van der Waals surface area contributed by atoms with E-state index < -0.39 is 0 Å². The van der Waals surface area contributed by atoms with E-state index in [0.29, 0.717) is 0 Å². The average molecular weight is 210 g/mol. The van der Waals surface area contributed by atoms with Crippen molar-refractivity contribution in [1.29, 1.82) is 0 Å². The first kappa shape index (κ1) is 9.46. The van der Waals surface area contributed by atoms with Gasteiger partial charge in [0.25, 0.3) is 0 Å². The number of hydrogen-bond donors (Lipinski definition) is 0. The van der Waals surface area contributed by atoms with Crippen molar-refractivity contribution in [3.05, 3.63) is 53.3 Å². The number of aryl methyl sites for hydroxylation is 2. The molecule has 1 aliphatic rings. The molecule has 0 unspecified atom stereocenters. The second-order valence-electron chi connectivity index (χ2n) is 4.31. The van der Waals surface area contributed by atoms with E-state index in [1.54, 1.807) is 0 Å². The molecule has 0 saturated carbocycles. The van der Waals surface area contributed by atoms with Crippen LogP contribution in [0, 0.1) is 6.92 Å². The summed E-state index contributed by atoms with van der Waals surface area (Å²) >= 11 is 0. The fourth-order valence-corrected chi connectivity index (χ4v) is 2.07. The number of hydrogen-bond acceptors (Lipinski definition) is 1. The van der Waals surface area contributed by atoms with Crippen LogP contribution in [0.4, 0.5) is 0 Å². The molecule has 16 heavy (non-hydrogen) atoms. The van der Waals surface area contributed by atoms with Gasteiger partial charge in [-0.25, -0.2) is 0 Å². The van der Waals surface area contributed by atoms with Crippen LogP contribution in [-0.4, -0.2) is 0 Å². The van der Waals surface area contributed by atoms with Crippen LogP contribution in [0.2, 0.25) is 0 Å². The second kappa shape index (κ2) is 3.67. The molecule has 0 radical (unpaired) electrons. The van der Waals surface area contributed by atoms with Gasteiger partial charge in [0.05, 0.1) is 0 Å². The minimum atomic E-state index is 0.983. The summed E-state index contributed by atoms with van der Waals surface area (Å²) in [6.07, 6.45) is 6.47. The highest BCUT2D eigenvalue weighted by molar-refractivity contribution is 5.63. The van der Waals surface area contributed by atoms with Crippen molar-refractivity contribution < 1.29 is 4.42 Å². The Labute approximate surface area is 95.4 Å². The molecule has 1 nitrogen and oxygen atoms in total. The molecule has 0 bridgehead atoms. The maximum Gasteiger partial charge on any atom is 0.135 e. The smallest absolute Gasteiger partial charge is 0.135 e. The van der Waals surface area contributed by atoms with E-state index in [4.69, 9.17) is 4.42 Å². The number of rotatable bonds is 1. The number of allylic oxidation sites excluding steroid dienone is 1. The highest BCUT2D eigenvalue weighted by Crippen LogP contribution is 2.29. The third-order valence-electron chi connectivity index (χ3n) is 3.03. The highest BCUT2D eigenvalue weighted by atomic mass is 16.3. The van der Waals surface area contributed by atoms with E-state index in [9.17, 15) is 0 Å². The van der Waals surface area contributed by atoms with Crippen molar-refractivity contribution in [3.63, 3.8) is 0 Å². The molecule has 0 amide bonds. The fourth-order valence-electron chi connectivity index (χ4n) is 2.07. The number of furan rings is 1. The molecule has 1 aromatic heterocycles. The van der Waals surface area contributed by atoms with Gasteiger partial charge in [0.1, 0.15) is 11.5 Å². The Morgan fingerprint density at radius 3 is 2.69 bits per heavy atom. The molecular weight excluding hydrogens is 196 g/mol. The molecule has 1 heterocycles. The summed E-state index contributed by atoms with van der Waals surface area (Å²) in [6.45, 7) is 2.10. The van der Waals surface area contributed by atoms with E-state index in [1.165, 1.54) is 11.1 Å². The molecule has 3 rings (SSSR count). The van der Waals surface area contributed by atoms with Crippen LogP contribution < -0.4 is 0 Å². The zero-order chi connectivity index (χ0) is 11.0. The number of benzene rings is 1. The van der Waals surface area contributed by atoms with Crippen LogP contribution in [0.5, 0.6) is 0 Å². The predicted molar refractivity (Wildman–Crippen MR) is 66.2 cm³/mol. The molecule has 1 aliphatic carbocycles. The van der Waals surface area contributed by atoms with Crippen LogP contribution in [0.25, 0.3) is 17.4 Å². The van der Waals surface area contributed by atoms with Gasteiger partial charge >= 0.3 is 0 Å². The molecule has 0 spiro atoms. The highest BCUT2D eigenvalue weighted by Gasteiger charge is 2.12. The Balaban J connectivity index is 2.04. The van der Waals surface area contributed by atoms with E-state index in [-0.39, 0.29) is 0 Å². The first-order chi connectivity index (χ1) is 7.83. The van der Waals surface area contributed by atoms with Gasteiger partial charge in [-0.05, 0) is 37.5 Å². The lowest BCUT2D eigenvalue weighted by Crippen LogP contribution is -1.87. The first-order valence-corrected chi connectivity index (χ1v) is 5.69. The molecule has 0 fully saturated rings. The van der Waals surface area contributed by atoms with Gasteiger partial charge in [-0.15, -0.1) is 0 Å². The van der Waals surface area contributed by atoms with Gasteiger partial charge < -0.3 is 4.42 Å². The van der Waals surface area contributed by atoms with Crippen LogP contribution in [0.15, 0.2) is 40.8 Å². The van der Waals surface area contributed by atoms with E-state index in [2.05, 4.69) is 49.4 Å². The summed E-state index contributed by atoms with van der Waals surface area (Å²) in [7, 11) is 0. The van der Waals surface area contributed by atoms with Crippen molar-refractivity contribution in [2.75, 3.05) is 0 Å². The van der Waals surface area contributed by atoms with Gasteiger partial charge in [0.2, 0.25) is 0 Å². The van der Waals surface area contributed by atoms with Gasteiger partial charge in [0, 0.05) is 5.56 Å². The Morgan fingerprint density at radius 2 is 1.94 bits per heavy atom. The summed E-state index contributed by atoms with van der Waals surface area (Å²) < 4.78 is 5.85. The maximum atomic E-state index is 5.85. The minimum Gasteiger partial charge on any atom is -0.456 e. The van der Waals surface area contributed by atoms with Crippen LogP contribution in [-0.2, 0) is 6.42 Å². The van der Waals surface area contributed by atoms with E-state index in [1.807, 2.05) is 0 Å². The van der Waals surface area contributed by atoms with Crippen molar-refractivity contribution >= 4 is 6.08 Å². The summed E-state index contributed by atoms with van der Waals surface area (Å²) in [4.78, 5) is 0. The fraction of sp³-hybridized carbons (Fsp3) is 0.200. The lowest BCUT2D eigenvalue weighted by Gasteiger charge is -2.00. The molecule has 1 aromatic carbocycles. The maximum absolute atomic E-state index is 5.85. The van der Waals surface area contributed by atoms with Gasteiger partial charge in [-0.3, -0.25) is 0 Å². The van der Waals surface area contributed by atoms with Crippen LogP contribution in [0.3, 0.4) is 0 Å². The SMILES string of the molecule is Cc1ccc(-c2cc3c(o2)C=CCC3)cc1. The van der Waals surface area contributed by atoms with Crippen molar-refractivity contribution in [1.82, 2.24) is 0 Å². The summed E-state index contributed by atoms with van der Waals surface area (Å²) in [6, 6.07) is 10.6. The zero-order valence-electron chi connectivity index (χ0n) is 9.36. The lowest BCUT2D eigenvalue weighted by molar-refractivity contribution is 0.565. The van der Waals surface area contributed by atoms with E-state index in [0.717, 1.165) is 29.9 Å². The summed E-state index contributed by atoms with van der Waals surface area (Å²) in [5.74, 6) is 2.01. The standard InChI is InChI=1S/C15H14O/c1-11-6-8-12(9-7-11)15-10-13-4-2-3-5-14(13)16-15/h3,5-10H,2,4H2,1H3. The average Bonchev–Trinajstić information content (AvgIpc) is 2.73. The molecular formula is C15H14O.